The smallest absolute Gasteiger partial charge is 0.274 e. The number of amides is 1. The Morgan fingerprint density at radius 1 is 1.32 bits per heavy atom. The highest BCUT2D eigenvalue weighted by molar-refractivity contribution is 6.04. The standard InChI is InChI=1S/C17H12FN5O2/c1-11(18)3-16(20-2)17(24)23-13-4-12(7-19)5-14(6-13)25-15-8-21-10-22-9-15/h3-6,8-10H,1-2H2,(H,23,24)/b16-3-. The van der Waals surface area contributed by atoms with Crippen LogP contribution in [0, 0.1) is 11.3 Å². The maximum absolute atomic E-state index is 12.8. The first-order valence-corrected chi connectivity index (χ1v) is 6.84. The molecule has 0 bridgehead atoms. The SMILES string of the molecule is C=N/C(=C\C(=C)F)C(=O)Nc1cc(C#N)cc(Oc2cncnc2)c1. The minimum absolute atomic E-state index is 0.247. The topological polar surface area (TPSA) is 100 Å². The summed E-state index contributed by atoms with van der Waals surface area (Å²) in [5.74, 6) is -0.901. The zero-order valence-electron chi connectivity index (χ0n) is 12.9. The quantitative estimate of drug-likeness (QED) is 0.496. The maximum atomic E-state index is 12.8. The molecule has 25 heavy (non-hydrogen) atoms. The first-order valence-electron chi connectivity index (χ1n) is 6.84. The van der Waals surface area contributed by atoms with Crippen LogP contribution in [0.25, 0.3) is 0 Å². The predicted octanol–water partition coefficient (Wildman–Crippen LogP) is 3.15. The predicted molar refractivity (Wildman–Crippen MR) is 89.8 cm³/mol. The Morgan fingerprint density at radius 2 is 2.04 bits per heavy atom. The van der Waals surface area contributed by atoms with Crippen LogP contribution in [0.15, 0.2) is 66.1 Å². The second-order valence-corrected chi connectivity index (χ2v) is 4.62. The average molecular weight is 337 g/mol. The Kier molecular flexibility index (Phi) is 5.68. The average Bonchev–Trinajstić information content (AvgIpc) is 2.60. The normalized spacial score (nSPS) is 10.5. The van der Waals surface area contributed by atoms with Crippen LogP contribution in [0.1, 0.15) is 5.56 Å². The largest absolute Gasteiger partial charge is 0.454 e. The molecule has 0 saturated carbocycles. The fourth-order valence-electron chi connectivity index (χ4n) is 1.80. The zero-order chi connectivity index (χ0) is 18.2. The first-order chi connectivity index (χ1) is 12.0. The van der Waals surface area contributed by atoms with Crippen LogP contribution < -0.4 is 10.1 Å². The number of benzene rings is 1. The highest BCUT2D eigenvalue weighted by Crippen LogP contribution is 2.25. The first kappa shape index (κ1) is 17.5. The molecule has 2 rings (SSSR count). The Hall–Kier alpha value is -3.86. The lowest BCUT2D eigenvalue weighted by Gasteiger charge is -2.09. The molecule has 0 saturated heterocycles. The van der Waals surface area contributed by atoms with E-state index in [1.807, 2.05) is 6.07 Å². The van der Waals surface area contributed by atoms with E-state index >= 15 is 0 Å². The number of aromatic nitrogens is 2. The summed E-state index contributed by atoms with van der Waals surface area (Å²) in [6.45, 7) is 6.24. The van der Waals surface area contributed by atoms with Crippen molar-refractivity contribution in [1.29, 1.82) is 5.26 Å². The lowest BCUT2D eigenvalue weighted by molar-refractivity contribution is -0.112. The van der Waals surface area contributed by atoms with Crippen molar-refractivity contribution < 1.29 is 13.9 Å². The summed E-state index contributed by atoms with van der Waals surface area (Å²) in [5, 5.41) is 11.6. The van der Waals surface area contributed by atoms with Gasteiger partial charge in [-0.1, -0.05) is 6.58 Å². The van der Waals surface area contributed by atoms with E-state index in [1.165, 1.54) is 36.9 Å². The van der Waals surface area contributed by atoms with Crippen molar-refractivity contribution in [3.63, 3.8) is 0 Å². The van der Waals surface area contributed by atoms with Crippen LogP contribution in [0.4, 0.5) is 10.1 Å². The molecule has 1 aromatic heterocycles. The molecule has 1 amide bonds. The van der Waals surface area contributed by atoms with Crippen LogP contribution in [-0.2, 0) is 4.79 Å². The van der Waals surface area contributed by atoms with Crippen molar-refractivity contribution in [3.8, 4) is 17.6 Å². The van der Waals surface area contributed by atoms with Crippen molar-refractivity contribution >= 4 is 18.3 Å². The van der Waals surface area contributed by atoms with E-state index in [1.54, 1.807) is 0 Å². The summed E-state index contributed by atoms with van der Waals surface area (Å²) in [7, 11) is 0. The number of hydrogen-bond acceptors (Lipinski definition) is 6. The number of nitrogens with one attached hydrogen (secondary N) is 1. The molecule has 2 aromatic rings. The van der Waals surface area contributed by atoms with Gasteiger partial charge >= 0.3 is 0 Å². The Morgan fingerprint density at radius 3 is 2.64 bits per heavy atom. The number of hydrogen-bond donors (Lipinski definition) is 1. The van der Waals surface area contributed by atoms with Crippen LogP contribution in [0.3, 0.4) is 0 Å². The molecule has 124 valence electrons. The van der Waals surface area contributed by atoms with E-state index in [9.17, 15) is 9.18 Å². The molecule has 0 aliphatic rings. The van der Waals surface area contributed by atoms with Crippen LogP contribution in [0.2, 0.25) is 0 Å². The van der Waals surface area contributed by atoms with Crippen LogP contribution >= 0.6 is 0 Å². The van der Waals surface area contributed by atoms with Crippen LogP contribution in [-0.4, -0.2) is 22.6 Å². The summed E-state index contributed by atoms with van der Waals surface area (Å²) < 4.78 is 18.4. The third-order valence-corrected chi connectivity index (χ3v) is 2.76. The highest BCUT2D eigenvalue weighted by atomic mass is 19.1. The fourth-order valence-corrected chi connectivity index (χ4v) is 1.80. The zero-order valence-corrected chi connectivity index (χ0v) is 12.9. The van der Waals surface area contributed by atoms with Gasteiger partial charge in [-0.15, -0.1) is 0 Å². The van der Waals surface area contributed by atoms with Gasteiger partial charge in [0.1, 0.15) is 23.6 Å². The van der Waals surface area contributed by atoms with Gasteiger partial charge in [-0.2, -0.15) is 5.26 Å². The molecule has 1 heterocycles. The summed E-state index contributed by atoms with van der Waals surface area (Å²) in [4.78, 5) is 23.2. The number of aliphatic imine (C=N–C) groups is 1. The number of allylic oxidation sites excluding steroid dienone is 2. The second-order valence-electron chi connectivity index (χ2n) is 4.62. The molecule has 0 aliphatic carbocycles. The molecule has 0 spiro atoms. The van der Waals surface area contributed by atoms with Crippen molar-refractivity contribution in [3.05, 3.63) is 66.7 Å². The van der Waals surface area contributed by atoms with Crippen molar-refractivity contribution in [2.45, 2.75) is 0 Å². The van der Waals surface area contributed by atoms with Gasteiger partial charge in [0.2, 0.25) is 0 Å². The number of ether oxygens (including phenoxy) is 1. The Balaban J connectivity index is 2.27. The van der Waals surface area contributed by atoms with Gasteiger partial charge in [-0.3, -0.25) is 9.79 Å². The third kappa shape index (κ3) is 5.07. The van der Waals surface area contributed by atoms with E-state index in [-0.39, 0.29) is 22.7 Å². The van der Waals surface area contributed by atoms with Gasteiger partial charge in [0.15, 0.2) is 5.75 Å². The van der Waals surface area contributed by atoms with E-state index in [4.69, 9.17) is 10.00 Å². The minimum atomic E-state index is -0.837. The van der Waals surface area contributed by atoms with E-state index in [0.29, 0.717) is 5.75 Å². The van der Waals surface area contributed by atoms with E-state index in [2.05, 4.69) is 33.6 Å². The summed E-state index contributed by atoms with van der Waals surface area (Å²) in [6, 6.07) is 6.35. The molecular formula is C17H12FN5O2. The molecule has 0 unspecified atom stereocenters. The minimum Gasteiger partial charge on any atom is -0.454 e. The molecule has 0 radical (unpaired) electrons. The van der Waals surface area contributed by atoms with Crippen molar-refractivity contribution in [2.24, 2.45) is 4.99 Å². The molecule has 1 aromatic carbocycles. The number of carbonyl (C=O) groups excluding carboxylic acids is 1. The van der Waals surface area contributed by atoms with Gasteiger partial charge in [-0.05, 0) is 18.9 Å². The number of halogens is 1. The molecule has 7 nitrogen and oxygen atoms in total. The summed E-state index contributed by atoms with van der Waals surface area (Å²) >= 11 is 0. The molecule has 0 aliphatic heterocycles. The number of nitrogens with zero attached hydrogens (tertiary/aromatic N) is 4. The van der Waals surface area contributed by atoms with E-state index in [0.717, 1.165) is 6.08 Å². The third-order valence-electron chi connectivity index (χ3n) is 2.76. The molecular weight excluding hydrogens is 325 g/mol. The van der Waals surface area contributed by atoms with Crippen LogP contribution in [0.5, 0.6) is 11.5 Å². The summed E-state index contributed by atoms with van der Waals surface area (Å²) in [5.41, 5.74) is 0.250. The van der Waals surface area contributed by atoms with Crippen molar-refractivity contribution in [2.75, 3.05) is 5.32 Å². The molecule has 0 fully saturated rings. The van der Waals surface area contributed by atoms with Gasteiger partial charge < -0.3 is 10.1 Å². The number of nitriles is 1. The fraction of sp³-hybridized carbons (Fsp3) is 0. The lowest BCUT2D eigenvalue weighted by Crippen LogP contribution is -2.13. The number of carbonyl (C=O) groups is 1. The van der Waals surface area contributed by atoms with Gasteiger partial charge in [0, 0.05) is 17.8 Å². The number of rotatable bonds is 6. The Bertz CT molecular complexity index is 888. The summed E-state index contributed by atoms with van der Waals surface area (Å²) in [6.07, 6.45) is 5.08. The van der Waals surface area contributed by atoms with Crippen molar-refractivity contribution in [1.82, 2.24) is 9.97 Å². The van der Waals surface area contributed by atoms with Gasteiger partial charge in [-0.25, -0.2) is 14.4 Å². The Labute approximate surface area is 142 Å². The number of anilines is 1. The van der Waals surface area contributed by atoms with E-state index < -0.39 is 11.7 Å². The highest BCUT2D eigenvalue weighted by Gasteiger charge is 2.11. The molecule has 8 heteroatoms. The molecule has 0 atom stereocenters. The van der Waals surface area contributed by atoms with Gasteiger partial charge in [0.25, 0.3) is 5.91 Å². The monoisotopic (exact) mass is 337 g/mol. The van der Waals surface area contributed by atoms with Gasteiger partial charge in [0.05, 0.1) is 24.0 Å². The molecule has 1 N–H and O–H groups in total. The maximum Gasteiger partial charge on any atom is 0.274 e. The lowest BCUT2D eigenvalue weighted by atomic mass is 10.2. The second kappa shape index (κ2) is 8.12.